The molecule has 0 atom stereocenters. The Kier molecular flexibility index (Phi) is 2.46. The number of carboxylic acids is 1. The lowest BCUT2D eigenvalue weighted by Crippen LogP contribution is -2.09. The van der Waals surface area contributed by atoms with Gasteiger partial charge in [0.2, 0.25) is 0 Å². The molecule has 0 bridgehead atoms. The van der Waals surface area contributed by atoms with Gasteiger partial charge in [0.15, 0.2) is 0 Å². The number of benzene rings is 1. The number of nitrogens with two attached hydrogens (primary N) is 1. The predicted molar refractivity (Wildman–Crippen MR) is 58.3 cm³/mol. The summed E-state index contributed by atoms with van der Waals surface area (Å²) in [5.74, 6) is -1.07. The van der Waals surface area contributed by atoms with Gasteiger partial charge in [0.1, 0.15) is 5.70 Å². The van der Waals surface area contributed by atoms with Gasteiger partial charge in [0.25, 0.3) is 0 Å². The Morgan fingerprint density at radius 1 is 1.33 bits per heavy atom. The molecule has 0 saturated carbocycles. The molecule has 0 fully saturated rings. The average molecular weight is 203 g/mol. The second kappa shape index (κ2) is 3.77. The molecular formula is C12H13NO2. The number of aryl methyl sites for hydroxylation is 2. The van der Waals surface area contributed by atoms with Crippen LogP contribution in [-0.4, -0.2) is 11.1 Å². The lowest BCUT2D eigenvalue weighted by atomic mass is 10.1. The van der Waals surface area contributed by atoms with E-state index in [0.717, 1.165) is 18.4 Å². The van der Waals surface area contributed by atoms with E-state index >= 15 is 0 Å². The zero-order valence-electron chi connectivity index (χ0n) is 8.36. The minimum Gasteiger partial charge on any atom is -0.477 e. The summed E-state index contributed by atoms with van der Waals surface area (Å²) < 4.78 is 0. The molecule has 3 nitrogen and oxygen atoms in total. The predicted octanol–water partition coefficient (Wildman–Crippen LogP) is 1.56. The average Bonchev–Trinajstić information content (AvgIpc) is 2.64. The molecule has 1 aromatic carbocycles. The third-order valence-electron chi connectivity index (χ3n) is 2.69. The number of rotatable bonds is 2. The second-order valence-corrected chi connectivity index (χ2v) is 3.79. The van der Waals surface area contributed by atoms with Crippen molar-refractivity contribution >= 4 is 12.0 Å². The standard InChI is InChI=1S/C12H13NO2/c13-11(12(14)15)7-8-4-5-9-2-1-3-10(9)6-8/h4-7H,1-3,13H2,(H,14,15)/b11-7+. The molecule has 0 amide bonds. The zero-order chi connectivity index (χ0) is 10.8. The smallest absolute Gasteiger partial charge is 0.351 e. The van der Waals surface area contributed by atoms with Gasteiger partial charge in [-0.2, -0.15) is 0 Å². The van der Waals surface area contributed by atoms with Crippen LogP contribution in [0.4, 0.5) is 0 Å². The van der Waals surface area contributed by atoms with Crippen LogP contribution in [0.15, 0.2) is 23.9 Å². The van der Waals surface area contributed by atoms with Gasteiger partial charge in [-0.05, 0) is 42.0 Å². The molecule has 0 saturated heterocycles. The fourth-order valence-corrected chi connectivity index (χ4v) is 1.92. The van der Waals surface area contributed by atoms with Crippen LogP contribution in [0.2, 0.25) is 0 Å². The molecule has 15 heavy (non-hydrogen) atoms. The molecule has 1 aromatic rings. The first kappa shape index (κ1) is 9.77. The molecule has 0 radical (unpaired) electrons. The molecule has 1 aliphatic rings. The summed E-state index contributed by atoms with van der Waals surface area (Å²) in [5, 5.41) is 8.64. The van der Waals surface area contributed by atoms with E-state index in [2.05, 4.69) is 6.07 Å². The third-order valence-corrected chi connectivity index (χ3v) is 2.69. The molecule has 78 valence electrons. The fourth-order valence-electron chi connectivity index (χ4n) is 1.92. The van der Waals surface area contributed by atoms with Crippen LogP contribution in [0.3, 0.4) is 0 Å². The van der Waals surface area contributed by atoms with Crippen molar-refractivity contribution in [3.63, 3.8) is 0 Å². The van der Waals surface area contributed by atoms with Gasteiger partial charge >= 0.3 is 5.97 Å². The maximum atomic E-state index is 10.5. The number of fused-ring (bicyclic) bond motifs is 1. The van der Waals surface area contributed by atoms with Crippen LogP contribution in [0.5, 0.6) is 0 Å². The van der Waals surface area contributed by atoms with Crippen molar-refractivity contribution in [2.75, 3.05) is 0 Å². The van der Waals surface area contributed by atoms with Gasteiger partial charge in [-0.25, -0.2) is 4.79 Å². The largest absolute Gasteiger partial charge is 0.477 e. The maximum absolute atomic E-state index is 10.5. The normalized spacial score (nSPS) is 15.1. The van der Waals surface area contributed by atoms with Crippen LogP contribution >= 0.6 is 0 Å². The molecule has 0 heterocycles. The van der Waals surface area contributed by atoms with Crippen molar-refractivity contribution in [3.05, 3.63) is 40.6 Å². The second-order valence-electron chi connectivity index (χ2n) is 3.79. The molecule has 3 heteroatoms. The monoisotopic (exact) mass is 203 g/mol. The molecule has 0 aliphatic heterocycles. The van der Waals surface area contributed by atoms with E-state index in [1.807, 2.05) is 12.1 Å². The van der Waals surface area contributed by atoms with Crippen LogP contribution in [0, 0.1) is 0 Å². The summed E-state index contributed by atoms with van der Waals surface area (Å²) in [5.41, 5.74) is 8.81. The van der Waals surface area contributed by atoms with E-state index in [1.165, 1.54) is 23.6 Å². The molecule has 0 aromatic heterocycles. The van der Waals surface area contributed by atoms with Crippen LogP contribution in [0.25, 0.3) is 6.08 Å². The number of hydrogen-bond donors (Lipinski definition) is 2. The van der Waals surface area contributed by atoms with Gasteiger partial charge in [-0.15, -0.1) is 0 Å². The first-order chi connectivity index (χ1) is 7.16. The van der Waals surface area contributed by atoms with Gasteiger partial charge in [-0.3, -0.25) is 0 Å². The molecule has 3 N–H and O–H groups in total. The Balaban J connectivity index is 2.31. The summed E-state index contributed by atoms with van der Waals surface area (Å²) in [7, 11) is 0. The summed E-state index contributed by atoms with van der Waals surface area (Å²) in [4.78, 5) is 10.5. The minimum atomic E-state index is -1.07. The van der Waals surface area contributed by atoms with Crippen LogP contribution in [-0.2, 0) is 17.6 Å². The van der Waals surface area contributed by atoms with E-state index < -0.39 is 5.97 Å². The minimum absolute atomic E-state index is 0.118. The van der Waals surface area contributed by atoms with E-state index in [1.54, 1.807) is 0 Å². The first-order valence-electron chi connectivity index (χ1n) is 4.99. The maximum Gasteiger partial charge on any atom is 0.351 e. The molecule has 0 unspecified atom stereocenters. The van der Waals surface area contributed by atoms with E-state index in [9.17, 15) is 4.79 Å². The fraction of sp³-hybridized carbons (Fsp3) is 0.250. The highest BCUT2D eigenvalue weighted by Gasteiger charge is 2.10. The number of hydrogen-bond acceptors (Lipinski definition) is 2. The topological polar surface area (TPSA) is 63.3 Å². The first-order valence-corrected chi connectivity index (χ1v) is 4.99. The highest BCUT2D eigenvalue weighted by Crippen LogP contribution is 2.23. The third kappa shape index (κ3) is 2.01. The van der Waals surface area contributed by atoms with Crippen molar-refractivity contribution in [1.29, 1.82) is 0 Å². The number of carbonyl (C=O) groups is 1. The summed E-state index contributed by atoms with van der Waals surface area (Å²) in [6, 6.07) is 6.00. The van der Waals surface area contributed by atoms with Crippen molar-refractivity contribution < 1.29 is 9.90 Å². The van der Waals surface area contributed by atoms with Crippen LogP contribution in [0.1, 0.15) is 23.1 Å². The van der Waals surface area contributed by atoms with Crippen molar-refractivity contribution in [1.82, 2.24) is 0 Å². The van der Waals surface area contributed by atoms with Gasteiger partial charge in [0.05, 0.1) is 0 Å². The highest BCUT2D eigenvalue weighted by atomic mass is 16.4. The van der Waals surface area contributed by atoms with E-state index in [0.29, 0.717) is 0 Å². The Morgan fingerprint density at radius 3 is 2.80 bits per heavy atom. The van der Waals surface area contributed by atoms with E-state index in [4.69, 9.17) is 10.8 Å². The number of carboxylic acid groups (broad SMARTS) is 1. The molecule has 1 aliphatic carbocycles. The SMILES string of the molecule is N/C(=C/c1ccc2c(c1)CCC2)C(=O)O. The lowest BCUT2D eigenvalue weighted by molar-refractivity contribution is -0.132. The quantitative estimate of drug-likeness (QED) is 0.717. The Labute approximate surface area is 88.2 Å². The zero-order valence-corrected chi connectivity index (χ0v) is 8.36. The molecule has 2 rings (SSSR count). The van der Waals surface area contributed by atoms with Gasteiger partial charge in [-0.1, -0.05) is 18.2 Å². The Hall–Kier alpha value is -1.77. The van der Waals surface area contributed by atoms with Crippen molar-refractivity contribution in [2.24, 2.45) is 5.73 Å². The van der Waals surface area contributed by atoms with Gasteiger partial charge in [0, 0.05) is 0 Å². The Morgan fingerprint density at radius 2 is 2.07 bits per heavy atom. The Bertz CT molecular complexity index is 435. The highest BCUT2D eigenvalue weighted by molar-refractivity contribution is 5.91. The summed E-state index contributed by atoms with van der Waals surface area (Å²) in [6.07, 6.45) is 4.91. The number of aliphatic carboxylic acids is 1. The summed E-state index contributed by atoms with van der Waals surface area (Å²) in [6.45, 7) is 0. The van der Waals surface area contributed by atoms with Crippen LogP contribution < -0.4 is 5.73 Å². The van der Waals surface area contributed by atoms with Gasteiger partial charge < -0.3 is 10.8 Å². The van der Waals surface area contributed by atoms with Crippen molar-refractivity contribution in [3.8, 4) is 0 Å². The lowest BCUT2D eigenvalue weighted by Gasteiger charge is -2.01. The molecule has 0 spiro atoms. The molecular weight excluding hydrogens is 190 g/mol. The summed E-state index contributed by atoms with van der Waals surface area (Å²) >= 11 is 0. The van der Waals surface area contributed by atoms with Crippen molar-refractivity contribution in [2.45, 2.75) is 19.3 Å². The van der Waals surface area contributed by atoms with E-state index in [-0.39, 0.29) is 5.70 Å².